The van der Waals surface area contributed by atoms with Gasteiger partial charge in [-0.2, -0.15) is 0 Å². The average Bonchev–Trinajstić information content (AvgIpc) is 3.11. The van der Waals surface area contributed by atoms with Gasteiger partial charge in [-0.1, -0.05) is 49.4 Å². The summed E-state index contributed by atoms with van der Waals surface area (Å²) in [5.41, 5.74) is 2.58. The Morgan fingerprint density at radius 2 is 1.89 bits per heavy atom. The largest absolute Gasteiger partial charge is 0.484 e. The number of hydrogen-bond acceptors (Lipinski definition) is 4. The predicted molar refractivity (Wildman–Crippen MR) is 107 cm³/mol. The van der Waals surface area contributed by atoms with Crippen LogP contribution in [0.5, 0.6) is 5.75 Å². The Balaban J connectivity index is 1.72. The second kappa shape index (κ2) is 8.51. The number of carboxylic acids is 1. The summed E-state index contributed by atoms with van der Waals surface area (Å²) in [5.74, 6) is -0.873. The number of hydrogen-bond donors (Lipinski definition) is 2. The molecule has 0 unspecified atom stereocenters. The van der Waals surface area contributed by atoms with Crippen LogP contribution in [0, 0.1) is 0 Å². The molecule has 1 heterocycles. The smallest absolute Gasteiger partial charge is 0.339 e. The monoisotopic (exact) mass is 381 g/mol. The van der Waals surface area contributed by atoms with Crippen molar-refractivity contribution in [2.75, 3.05) is 11.9 Å². The zero-order chi connectivity index (χ0) is 19.2. The molecule has 0 fully saturated rings. The third kappa shape index (κ3) is 4.54. The molecule has 0 spiro atoms. The van der Waals surface area contributed by atoms with Crippen molar-refractivity contribution in [2.45, 2.75) is 13.3 Å². The van der Waals surface area contributed by atoms with Crippen LogP contribution in [0.3, 0.4) is 0 Å². The van der Waals surface area contributed by atoms with Gasteiger partial charge in [0.05, 0.1) is 0 Å². The van der Waals surface area contributed by atoms with Crippen LogP contribution < -0.4 is 10.1 Å². The minimum absolute atomic E-state index is 0.0903. The molecule has 1 amide bonds. The van der Waals surface area contributed by atoms with E-state index in [1.807, 2.05) is 55.5 Å². The van der Waals surface area contributed by atoms with Gasteiger partial charge < -0.3 is 15.2 Å². The van der Waals surface area contributed by atoms with Crippen molar-refractivity contribution < 1.29 is 19.4 Å². The summed E-state index contributed by atoms with van der Waals surface area (Å²) in [5, 5.41) is 14.3. The van der Waals surface area contributed by atoms with E-state index in [0.29, 0.717) is 16.3 Å². The maximum atomic E-state index is 12.2. The van der Waals surface area contributed by atoms with Crippen molar-refractivity contribution in [1.82, 2.24) is 0 Å². The van der Waals surface area contributed by atoms with E-state index in [2.05, 4.69) is 5.32 Å². The highest BCUT2D eigenvalue weighted by atomic mass is 32.1. The Morgan fingerprint density at radius 3 is 2.59 bits per heavy atom. The van der Waals surface area contributed by atoms with Crippen LogP contribution in [0.2, 0.25) is 0 Å². The van der Waals surface area contributed by atoms with Crippen molar-refractivity contribution in [3.8, 4) is 16.9 Å². The highest BCUT2D eigenvalue weighted by Gasteiger charge is 2.21. The molecule has 6 heteroatoms. The van der Waals surface area contributed by atoms with Gasteiger partial charge in [-0.3, -0.25) is 4.79 Å². The lowest BCUT2D eigenvalue weighted by molar-refractivity contribution is -0.118. The number of ether oxygens (including phenoxy) is 1. The number of anilines is 1. The van der Waals surface area contributed by atoms with Crippen molar-refractivity contribution in [3.05, 3.63) is 71.1 Å². The van der Waals surface area contributed by atoms with Gasteiger partial charge in [0.25, 0.3) is 5.91 Å². The van der Waals surface area contributed by atoms with Crippen molar-refractivity contribution in [3.63, 3.8) is 0 Å². The number of amides is 1. The van der Waals surface area contributed by atoms with Crippen molar-refractivity contribution in [1.29, 1.82) is 0 Å². The van der Waals surface area contributed by atoms with Crippen LogP contribution >= 0.6 is 11.3 Å². The summed E-state index contributed by atoms with van der Waals surface area (Å²) in [4.78, 5) is 24.0. The molecule has 0 aliphatic heterocycles. The van der Waals surface area contributed by atoms with E-state index in [1.54, 1.807) is 11.4 Å². The standard InChI is InChI=1S/C21H19NO4S/c1-2-14-7-6-10-16(11-14)26-12-18(23)22-20-19(21(24)25)17(13-27-20)15-8-4-3-5-9-15/h3-11,13H,2,12H2,1H3,(H,22,23)(H,24,25). The molecule has 27 heavy (non-hydrogen) atoms. The lowest BCUT2D eigenvalue weighted by Crippen LogP contribution is -2.20. The summed E-state index contributed by atoms with van der Waals surface area (Å²) >= 11 is 1.19. The lowest BCUT2D eigenvalue weighted by Gasteiger charge is -2.08. The van der Waals surface area contributed by atoms with E-state index in [4.69, 9.17) is 4.74 Å². The Hall–Kier alpha value is -3.12. The molecule has 0 atom stereocenters. The van der Waals surface area contributed by atoms with E-state index in [0.717, 1.165) is 17.5 Å². The minimum Gasteiger partial charge on any atom is -0.484 e. The molecule has 2 aromatic carbocycles. The molecular weight excluding hydrogens is 362 g/mol. The van der Waals surface area contributed by atoms with E-state index in [1.165, 1.54) is 11.3 Å². The number of carboxylic acid groups (broad SMARTS) is 1. The van der Waals surface area contributed by atoms with Crippen molar-refractivity contribution in [2.24, 2.45) is 0 Å². The van der Waals surface area contributed by atoms with E-state index in [9.17, 15) is 14.7 Å². The van der Waals surface area contributed by atoms with Crippen LogP contribution in [-0.4, -0.2) is 23.6 Å². The fourth-order valence-electron chi connectivity index (χ4n) is 2.66. The maximum absolute atomic E-state index is 12.2. The van der Waals surface area contributed by atoms with Gasteiger partial charge in [-0.15, -0.1) is 11.3 Å². The van der Waals surface area contributed by atoms with Gasteiger partial charge in [0.15, 0.2) is 6.61 Å². The first-order valence-electron chi connectivity index (χ1n) is 8.50. The number of rotatable bonds is 7. The molecule has 0 radical (unpaired) electrons. The normalized spacial score (nSPS) is 10.4. The predicted octanol–water partition coefficient (Wildman–Crippen LogP) is 4.69. The molecule has 0 aliphatic rings. The third-order valence-corrected chi connectivity index (χ3v) is 4.91. The molecular formula is C21H19NO4S. The van der Waals surface area contributed by atoms with E-state index in [-0.39, 0.29) is 12.2 Å². The fourth-order valence-corrected chi connectivity index (χ4v) is 3.64. The topological polar surface area (TPSA) is 75.6 Å². The van der Waals surface area contributed by atoms with E-state index >= 15 is 0 Å². The molecule has 0 bridgehead atoms. The molecule has 138 valence electrons. The molecule has 3 rings (SSSR count). The van der Waals surface area contributed by atoms with Crippen LogP contribution in [-0.2, 0) is 11.2 Å². The third-order valence-electron chi connectivity index (χ3n) is 4.02. The second-order valence-electron chi connectivity index (χ2n) is 5.86. The Morgan fingerprint density at radius 1 is 1.11 bits per heavy atom. The van der Waals surface area contributed by atoms with Gasteiger partial charge in [-0.05, 0) is 29.7 Å². The highest BCUT2D eigenvalue weighted by Crippen LogP contribution is 2.35. The molecule has 0 aliphatic carbocycles. The van der Waals surface area contributed by atoms with Crippen LogP contribution in [0.1, 0.15) is 22.8 Å². The Kier molecular flexibility index (Phi) is 5.88. The van der Waals surface area contributed by atoms with Gasteiger partial charge in [0.1, 0.15) is 16.3 Å². The Labute approximate surface area is 161 Å². The summed E-state index contributed by atoms with van der Waals surface area (Å²) in [6.07, 6.45) is 0.878. The lowest BCUT2D eigenvalue weighted by atomic mass is 10.0. The fraction of sp³-hybridized carbons (Fsp3) is 0.143. The number of carbonyl (C=O) groups excluding carboxylic acids is 1. The summed E-state index contributed by atoms with van der Waals surface area (Å²) in [6, 6.07) is 16.8. The SMILES string of the molecule is CCc1cccc(OCC(=O)Nc2scc(-c3ccccc3)c2C(=O)O)c1. The van der Waals surface area contributed by atoms with Gasteiger partial charge in [0.2, 0.25) is 0 Å². The number of benzene rings is 2. The first-order valence-corrected chi connectivity index (χ1v) is 9.38. The number of carbonyl (C=O) groups is 2. The minimum atomic E-state index is -1.08. The van der Waals surface area contributed by atoms with Crippen LogP contribution in [0.25, 0.3) is 11.1 Å². The van der Waals surface area contributed by atoms with Gasteiger partial charge >= 0.3 is 5.97 Å². The summed E-state index contributed by atoms with van der Waals surface area (Å²) < 4.78 is 5.52. The number of nitrogens with one attached hydrogen (secondary N) is 1. The van der Waals surface area contributed by atoms with E-state index < -0.39 is 11.9 Å². The first-order chi connectivity index (χ1) is 13.1. The molecule has 0 saturated heterocycles. The van der Waals surface area contributed by atoms with Crippen molar-refractivity contribution >= 4 is 28.2 Å². The number of aromatic carboxylic acids is 1. The number of aryl methyl sites for hydroxylation is 1. The summed E-state index contributed by atoms with van der Waals surface area (Å²) in [6.45, 7) is 1.85. The second-order valence-corrected chi connectivity index (χ2v) is 6.74. The maximum Gasteiger partial charge on any atom is 0.339 e. The molecule has 3 aromatic rings. The first kappa shape index (κ1) is 18.7. The molecule has 0 saturated carbocycles. The van der Waals surface area contributed by atoms with Crippen LogP contribution in [0.4, 0.5) is 5.00 Å². The Bertz CT molecular complexity index is 950. The summed E-state index contributed by atoms with van der Waals surface area (Å²) in [7, 11) is 0. The molecule has 2 N–H and O–H groups in total. The zero-order valence-electron chi connectivity index (χ0n) is 14.8. The zero-order valence-corrected chi connectivity index (χ0v) is 15.6. The number of thiophene rings is 1. The molecule has 1 aromatic heterocycles. The quantitative estimate of drug-likeness (QED) is 0.622. The van der Waals surface area contributed by atoms with Gasteiger partial charge in [-0.25, -0.2) is 4.79 Å². The highest BCUT2D eigenvalue weighted by molar-refractivity contribution is 7.15. The van der Waals surface area contributed by atoms with Crippen LogP contribution in [0.15, 0.2) is 60.0 Å². The average molecular weight is 381 g/mol. The molecule has 5 nitrogen and oxygen atoms in total. The van der Waals surface area contributed by atoms with Gasteiger partial charge in [0, 0.05) is 10.9 Å².